The van der Waals surface area contributed by atoms with Crippen molar-refractivity contribution in [2.24, 2.45) is 11.8 Å². The Morgan fingerprint density at radius 2 is 2.05 bits per heavy atom. The van der Waals surface area contributed by atoms with E-state index in [-0.39, 0.29) is 0 Å². The predicted octanol–water partition coefficient (Wildman–Crippen LogP) is 3.42. The maximum absolute atomic E-state index is 5.85. The summed E-state index contributed by atoms with van der Waals surface area (Å²) in [5, 5.41) is 0. The molecule has 4 rings (SSSR count). The van der Waals surface area contributed by atoms with Gasteiger partial charge < -0.3 is 10.2 Å². The SMILES string of the molecule is Nc1ccc2nc(CN3CCC4CCCCC4C3)oc2c1. The number of rotatable bonds is 2. The lowest BCUT2D eigenvalue weighted by molar-refractivity contribution is 0.0766. The second-order valence-corrected chi connectivity index (χ2v) is 6.66. The highest BCUT2D eigenvalue weighted by Gasteiger charge is 2.31. The van der Waals surface area contributed by atoms with Crippen LogP contribution < -0.4 is 5.73 Å². The molecule has 2 heterocycles. The van der Waals surface area contributed by atoms with Gasteiger partial charge in [-0.1, -0.05) is 19.3 Å². The van der Waals surface area contributed by atoms with Crippen LogP contribution in [0.2, 0.25) is 0 Å². The van der Waals surface area contributed by atoms with Crippen LogP contribution in [0.15, 0.2) is 22.6 Å². The van der Waals surface area contributed by atoms with Crippen molar-refractivity contribution in [3.8, 4) is 0 Å². The van der Waals surface area contributed by atoms with E-state index in [9.17, 15) is 0 Å². The minimum atomic E-state index is 0.730. The van der Waals surface area contributed by atoms with E-state index in [1.807, 2.05) is 18.2 Å². The molecule has 0 amide bonds. The second kappa shape index (κ2) is 5.34. The molecular weight excluding hydrogens is 262 g/mol. The van der Waals surface area contributed by atoms with E-state index >= 15 is 0 Å². The molecule has 2 aliphatic rings. The number of piperidine rings is 1. The van der Waals surface area contributed by atoms with Gasteiger partial charge >= 0.3 is 0 Å². The highest BCUT2D eigenvalue weighted by atomic mass is 16.3. The third kappa shape index (κ3) is 2.64. The molecule has 112 valence electrons. The van der Waals surface area contributed by atoms with Crippen LogP contribution in [-0.2, 0) is 6.54 Å². The topological polar surface area (TPSA) is 55.3 Å². The summed E-state index contributed by atoms with van der Waals surface area (Å²) in [6.45, 7) is 3.23. The number of aromatic nitrogens is 1. The zero-order valence-electron chi connectivity index (χ0n) is 12.4. The van der Waals surface area contributed by atoms with Crippen LogP contribution in [-0.4, -0.2) is 23.0 Å². The van der Waals surface area contributed by atoms with E-state index in [0.29, 0.717) is 0 Å². The summed E-state index contributed by atoms with van der Waals surface area (Å²) in [5.41, 5.74) is 8.23. The number of hydrogen-bond donors (Lipinski definition) is 1. The third-order valence-corrected chi connectivity index (χ3v) is 5.19. The van der Waals surface area contributed by atoms with E-state index in [0.717, 1.165) is 41.1 Å². The first-order valence-corrected chi connectivity index (χ1v) is 8.15. The van der Waals surface area contributed by atoms with Gasteiger partial charge in [-0.25, -0.2) is 4.98 Å². The molecular formula is C17H23N3O. The predicted molar refractivity (Wildman–Crippen MR) is 83.8 cm³/mol. The van der Waals surface area contributed by atoms with Gasteiger partial charge in [0.1, 0.15) is 5.52 Å². The van der Waals surface area contributed by atoms with Gasteiger partial charge in [0.2, 0.25) is 5.89 Å². The number of oxazole rings is 1. The molecule has 1 aromatic heterocycles. The van der Waals surface area contributed by atoms with Crippen LogP contribution in [0.25, 0.3) is 11.1 Å². The lowest BCUT2D eigenvalue weighted by Crippen LogP contribution is -2.41. The van der Waals surface area contributed by atoms with Crippen LogP contribution >= 0.6 is 0 Å². The molecule has 0 radical (unpaired) electrons. The van der Waals surface area contributed by atoms with E-state index in [1.54, 1.807) is 0 Å². The summed E-state index contributed by atoms with van der Waals surface area (Å²) in [4.78, 5) is 7.10. The molecule has 2 aromatic rings. The van der Waals surface area contributed by atoms with E-state index in [2.05, 4.69) is 9.88 Å². The number of nitrogens with two attached hydrogens (primary N) is 1. The monoisotopic (exact) mass is 285 g/mol. The quantitative estimate of drug-likeness (QED) is 0.859. The maximum atomic E-state index is 5.85. The fourth-order valence-electron chi connectivity index (χ4n) is 4.07. The Kier molecular flexibility index (Phi) is 3.34. The molecule has 0 spiro atoms. The van der Waals surface area contributed by atoms with Gasteiger partial charge in [0.05, 0.1) is 6.54 Å². The van der Waals surface area contributed by atoms with Gasteiger partial charge in [-0.3, -0.25) is 4.90 Å². The zero-order chi connectivity index (χ0) is 14.2. The number of anilines is 1. The van der Waals surface area contributed by atoms with Gasteiger partial charge in [-0.05, 0) is 43.4 Å². The first-order valence-electron chi connectivity index (χ1n) is 8.15. The molecule has 0 bridgehead atoms. The van der Waals surface area contributed by atoms with Crippen LogP contribution in [0.3, 0.4) is 0 Å². The fraction of sp³-hybridized carbons (Fsp3) is 0.588. The summed E-state index contributed by atoms with van der Waals surface area (Å²) >= 11 is 0. The molecule has 2 fully saturated rings. The largest absolute Gasteiger partial charge is 0.439 e. The summed E-state index contributed by atoms with van der Waals surface area (Å²) in [6, 6.07) is 5.67. The Morgan fingerprint density at radius 1 is 1.19 bits per heavy atom. The van der Waals surface area contributed by atoms with Crippen molar-refractivity contribution in [1.82, 2.24) is 9.88 Å². The fourth-order valence-corrected chi connectivity index (χ4v) is 4.07. The summed E-state index contributed by atoms with van der Waals surface area (Å²) in [6.07, 6.45) is 7.05. The van der Waals surface area contributed by atoms with Crippen molar-refractivity contribution in [3.63, 3.8) is 0 Å². The molecule has 21 heavy (non-hydrogen) atoms. The number of hydrogen-bond acceptors (Lipinski definition) is 4. The van der Waals surface area contributed by atoms with Crippen LogP contribution in [0, 0.1) is 11.8 Å². The van der Waals surface area contributed by atoms with Crippen LogP contribution in [0.1, 0.15) is 38.0 Å². The van der Waals surface area contributed by atoms with Crippen molar-refractivity contribution in [2.45, 2.75) is 38.6 Å². The molecule has 1 aliphatic heterocycles. The average molecular weight is 285 g/mol. The van der Waals surface area contributed by atoms with E-state index in [4.69, 9.17) is 10.2 Å². The Morgan fingerprint density at radius 3 is 2.95 bits per heavy atom. The molecule has 2 N–H and O–H groups in total. The van der Waals surface area contributed by atoms with Crippen molar-refractivity contribution in [3.05, 3.63) is 24.1 Å². The first-order chi connectivity index (χ1) is 10.3. The Bertz CT molecular complexity index is 636. The van der Waals surface area contributed by atoms with Crippen LogP contribution in [0.5, 0.6) is 0 Å². The van der Waals surface area contributed by atoms with Gasteiger partial charge in [-0.2, -0.15) is 0 Å². The molecule has 2 unspecified atom stereocenters. The van der Waals surface area contributed by atoms with Crippen molar-refractivity contribution < 1.29 is 4.42 Å². The van der Waals surface area contributed by atoms with Crippen molar-refractivity contribution >= 4 is 16.8 Å². The number of nitrogens with zero attached hydrogens (tertiary/aromatic N) is 2. The Hall–Kier alpha value is -1.55. The minimum absolute atomic E-state index is 0.730. The van der Waals surface area contributed by atoms with Gasteiger partial charge in [0.25, 0.3) is 0 Å². The summed E-state index contributed by atoms with van der Waals surface area (Å²) < 4.78 is 5.85. The zero-order valence-corrected chi connectivity index (χ0v) is 12.4. The molecule has 1 aliphatic carbocycles. The number of benzene rings is 1. The smallest absolute Gasteiger partial charge is 0.209 e. The standard InChI is InChI=1S/C17H23N3O/c18-14-5-6-15-16(9-14)21-17(19-15)11-20-8-7-12-3-1-2-4-13(12)10-20/h5-6,9,12-13H,1-4,7-8,10-11,18H2. The van der Waals surface area contributed by atoms with Crippen molar-refractivity contribution in [1.29, 1.82) is 0 Å². The first kappa shape index (κ1) is 13.1. The highest BCUT2D eigenvalue weighted by Crippen LogP contribution is 2.36. The summed E-state index contributed by atoms with van der Waals surface area (Å²) in [7, 11) is 0. The summed E-state index contributed by atoms with van der Waals surface area (Å²) in [5.74, 6) is 2.69. The van der Waals surface area contributed by atoms with Gasteiger partial charge in [-0.15, -0.1) is 0 Å². The molecule has 4 nitrogen and oxygen atoms in total. The number of fused-ring (bicyclic) bond motifs is 2. The minimum Gasteiger partial charge on any atom is -0.439 e. The highest BCUT2D eigenvalue weighted by molar-refractivity contribution is 5.76. The molecule has 2 atom stereocenters. The Labute approximate surface area is 125 Å². The second-order valence-electron chi connectivity index (χ2n) is 6.66. The lowest BCUT2D eigenvalue weighted by atomic mass is 9.75. The lowest BCUT2D eigenvalue weighted by Gasteiger charge is -2.40. The molecule has 1 aromatic carbocycles. The normalized spacial score (nSPS) is 26.9. The molecule has 1 saturated heterocycles. The Balaban J connectivity index is 1.47. The number of likely N-dealkylation sites (tertiary alicyclic amines) is 1. The molecule has 4 heteroatoms. The van der Waals surface area contributed by atoms with Crippen LogP contribution in [0.4, 0.5) is 5.69 Å². The van der Waals surface area contributed by atoms with Crippen molar-refractivity contribution in [2.75, 3.05) is 18.8 Å². The average Bonchev–Trinajstić information content (AvgIpc) is 2.88. The van der Waals surface area contributed by atoms with E-state index in [1.165, 1.54) is 45.2 Å². The van der Waals surface area contributed by atoms with Gasteiger partial charge in [0, 0.05) is 18.3 Å². The van der Waals surface area contributed by atoms with Gasteiger partial charge in [0.15, 0.2) is 5.58 Å². The molecule has 1 saturated carbocycles. The maximum Gasteiger partial charge on any atom is 0.209 e. The number of nitrogen functional groups attached to an aromatic ring is 1. The third-order valence-electron chi connectivity index (χ3n) is 5.19. The van der Waals surface area contributed by atoms with E-state index < -0.39 is 0 Å².